The molecule has 0 spiro atoms. The van der Waals surface area contributed by atoms with Gasteiger partial charge in [-0.1, -0.05) is 82.9 Å². The lowest BCUT2D eigenvalue weighted by atomic mass is 10.2. The van der Waals surface area contributed by atoms with Gasteiger partial charge in [-0.25, -0.2) is 0 Å². The van der Waals surface area contributed by atoms with Crippen molar-refractivity contribution in [1.29, 1.82) is 0 Å². The summed E-state index contributed by atoms with van der Waals surface area (Å²) in [6.07, 6.45) is 4.08. The maximum absolute atomic E-state index is 7.00. The fourth-order valence-corrected chi connectivity index (χ4v) is 0.888. The Hall–Kier alpha value is -0.860. The zero-order valence-corrected chi connectivity index (χ0v) is 14.5. The van der Waals surface area contributed by atoms with Crippen molar-refractivity contribution >= 4 is 0 Å². The first-order valence-electron chi connectivity index (χ1n) is 7.27. The van der Waals surface area contributed by atoms with Crippen molar-refractivity contribution in [3.8, 4) is 0 Å². The van der Waals surface area contributed by atoms with E-state index in [0.29, 0.717) is 0 Å². The van der Waals surface area contributed by atoms with E-state index in [1.54, 1.807) is 0 Å². The number of unbranched alkanes of at least 4 members (excludes halogenated alkanes) is 2. The van der Waals surface area contributed by atoms with Crippen LogP contribution in [0, 0.1) is 6.92 Å². The van der Waals surface area contributed by atoms with E-state index >= 15 is 0 Å². The molecule has 1 rings (SSSR count). The van der Waals surface area contributed by atoms with Gasteiger partial charge in [0.15, 0.2) is 0 Å². The summed E-state index contributed by atoms with van der Waals surface area (Å²) in [6.45, 7) is 10.5. The third-order valence-electron chi connectivity index (χ3n) is 1.65. The van der Waals surface area contributed by atoms with Gasteiger partial charge in [0.05, 0.1) is 0 Å². The van der Waals surface area contributed by atoms with Crippen LogP contribution in [0.1, 0.15) is 53.9 Å². The Morgan fingerprint density at radius 3 is 1.37 bits per heavy atom. The lowest BCUT2D eigenvalue weighted by molar-refractivity contribution is 0.399. The summed E-state index contributed by atoms with van der Waals surface area (Å²) < 4.78 is 0. The number of benzene rings is 1. The summed E-state index contributed by atoms with van der Waals surface area (Å²) in [5, 5.41) is 9.75. The predicted molar refractivity (Wildman–Crippen MR) is 93.0 cm³/mol. The maximum Gasteiger partial charge on any atom is 0.0319 e. The quantitative estimate of drug-likeness (QED) is 0.802. The molecular formula is C17H39NO. The molecule has 0 saturated carbocycles. The molecule has 2 nitrogen and oxygen atoms in total. The van der Waals surface area contributed by atoms with Crippen molar-refractivity contribution in [2.45, 2.75) is 53.9 Å². The first-order valence-corrected chi connectivity index (χ1v) is 7.27. The van der Waals surface area contributed by atoms with E-state index in [1.807, 2.05) is 46.1 Å². The average molecular weight is 274 g/mol. The van der Waals surface area contributed by atoms with E-state index in [1.165, 1.54) is 24.8 Å². The summed E-state index contributed by atoms with van der Waals surface area (Å²) in [7, 11) is 4.75. The molecule has 2 heteroatoms. The molecule has 0 saturated heterocycles. The van der Waals surface area contributed by atoms with Crippen LogP contribution in [0.15, 0.2) is 30.3 Å². The first-order chi connectivity index (χ1) is 9.22. The number of hydrogen-bond donors (Lipinski definition) is 2. The Kier molecular flexibility index (Phi) is 50.5. The normalized spacial score (nSPS) is 7.00. The van der Waals surface area contributed by atoms with Gasteiger partial charge in [0.2, 0.25) is 0 Å². The van der Waals surface area contributed by atoms with Crippen LogP contribution in [-0.2, 0) is 0 Å². The molecule has 0 atom stereocenters. The Labute approximate surface area is 123 Å². The van der Waals surface area contributed by atoms with Crippen molar-refractivity contribution in [3.63, 3.8) is 0 Å². The van der Waals surface area contributed by atoms with Gasteiger partial charge in [-0.3, -0.25) is 0 Å². The number of aryl methyl sites for hydroxylation is 1. The molecule has 2 N–H and O–H groups in total. The van der Waals surface area contributed by atoms with Crippen LogP contribution < -0.4 is 5.32 Å². The zero-order chi connectivity index (χ0) is 15.9. The minimum absolute atomic E-state index is 0. The molecule has 1 aromatic rings. The molecule has 0 radical (unpaired) electrons. The average Bonchev–Trinajstić information content (AvgIpc) is 2.46. The minimum atomic E-state index is 0. The highest BCUT2D eigenvalue weighted by Crippen LogP contribution is 1.92. The summed E-state index contributed by atoms with van der Waals surface area (Å²) >= 11 is 0. The summed E-state index contributed by atoms with van der Waals surface area (Å²) in [4.78, 5) is 0. The highest BCUT2D eigenvalue weighted by Gasteiger charge is 1.72. The van der Waals surface area contributed by atoms with Crippen LogP contribution >= 0.6 is 0 Å². The van der Waals surface area contributed by atoms with Crippen molar-refractivity contribution in [3.05, 3.63) is 35.9 Å². The summed E-state index contributed by atoms with van der Waals surface area (Å²) in [5.41, 5.74) is 1.32. The molecule has 19 heavy (non-hydrogen) atoms. The van der Waals surface area contributed by atoms with Gasteiger partial charge in [0, 0.05) is 8.54 Å². The lowest BCUT2D eigenvalue weighted by Gasteiger charge is -1.82. The molecule has 0 aliphatic heterocycles. The SMILES string of the molecule is CC.CCCCC.CNC.CO.Cc1ccccc1.[HH]. The largest absolute Gasteiger partial charge is 0.400 e. The van der Waals surface area contributed by atoms with Crippen LogP contribution in [0.4, 0.5) is 0 Å². The van der Waals surface area contributed by atoms with Crippen LogP contribution in [0.3, 0.4) is 0 Å². The highest BCUT2D eigenvalue weighted by molar-refractivity contribution is 5.11. The number of hydrogen-bond acceptors (Lipinski definition) is 2. The molecule has 0 amide bonds. The number of aliphatic hydroxyl groups is 1. The van der Waals surface area contributed by atoms with Crippen molar-refractivity contribution in [2.75, 3.05) is 21.2 Å². The Morgan fingerprint density at radius 2 is 1.26 bits per heavy atom. The Balaban J connectivity index is -0.0000000517. The van der Waals surface area contributed by atoms with E-state index in [-0.39, 0.29) is 1.43 Å². The first kappa shape index (κ1) is 26.7. The fraction of sp³-hybridized carbons (Fsp3) is 0.647. The zero-order valence-electron chi connectivity index (χ0n) is 14.5. The van der Waals surface area contributed by atoms with Gasteiger partial charge in [0.25, 0.3) is 0 Å². The smallest absolute Gasteiger partial charge is 0.0319 e. The molecule has 0 bridgehead atoms. The Bertz CT molecular complexity index is 191. The third kappa shape index (κ3) is 47.0. The number of aliphatic hydroxyl groups excluding tert-OH is 1. The van der Waals surface area contributed by atoms with E-state index in [2.05, 4.69) is 38.2 Å². The topological polar surface area (TPSA) is 32.3 Å². The molecular weight excluding hydrogens is 234 g/mol. The third-order valence-corrected chi connectivity index (χ3v) is 1.65. The van der Waals surface area contributed by atoms with Gasteiger partial charge in [0.1, 0.15) is 0 Å². The van der Waals surface area contributed by atoms with Crippen LogP contribution in [0.2, 0.25) is 0 Å². The fourth-order valence-electron chi connectivity index (χ4n) is 0.888. The molecule has 1 aromatic carbocycles. The highest BCUT2D eigenvalue weighted by atomic mass is 16.2. The minimum Gasteiger partial charge on any atom is -0.400 e. The Morgan fingerprint density at radius 1 is 0.947 bits per heavy atom. The molecule has 0 aromatic heterocycles. The van der Waals surface area contributed by atoms with E-state index < -0.39 is 0 Å². The molecule has 118 valence electrons. The molecule has 0 heterocycles. The lowest BCUT2D eigenvalue weighted by Crippen LogP contribution is -1.89. The predicted octanol–water partition coefficient (Wildman–Crippen LogP) is 4.91. The van der Waals surface area contributed by atoms with Crippen molar-refractivity contribution in [2.24, 2.45) is 0 Å². The van der Waals surface area contributed by atoms with E-state index in [4.69, 9.17) is 5.11 Å². The van der Waals surface area contributed by atoms with Gasteiger partial charge >= 0.3 is 0 Å². The second kappa shape index (κ2) is 36.0. The van der Waals surface area contributed by atoms with Crippen LogP contribution in [-0.4, -0.2) is 26.3 Å². The second-order valence-corrected chi connectivity index (χ2v) is 3.51. The second-order valence-electron chi connectivity index (χ2n) is 3.51. The molecule has 0 aliphatic carbocycles. The number of rotatable bonds is 2. The maximum atomic E-state index is 7.00. The van der Waals surface area contributed by atoms with Crippen molar-refractivity contribution < 1.29 is 6.53 Å². The molecule has 0 unspecified atom stereocenters. The summed E-state index contributed by atoms with van der Waals surface area (Å²) in [5.74, 6) is 0. The van der Waals surface area contributed by atoms with Crippen molar-refractivity contribution in [1.82, 2.24) is 5.32 Å². The van der Waals surface area contributed by atoms with E-state index in [9.17, 15) is 0 Å². The van der Waals surface area contributed by atoms with Crippen LogP contribution in [0.5, 0.6) is 0 Å². The van der Waals surface area contributed by atoms with Crippen LogP contribution in [0.25, 0.3) is 0 Å². The number of nitrogens with one attached hydrogen (secondary N) is 1. The summed E-state index contributed by atoms with van der Waals surface area (Å²) in [6, 6.07) is 10.3. The van der Waals surface area contributed by atoms with Gasteiger partial charge in [-0.05, 0) is 21.0 Å². The van der Waals surface area contributed by atoms with Gasteiger partial charge < -0.3 is 10.4 Å². The van der Waals surface area contributed by atoms with E-state index in [0.717, 1.165) is 7.11 Å². The molecule has 0 fully saturated rings. The monoisotopic (exact) mass is 273 g/mol. The standard InChI is InChI=1S/C7H8.C5H12.C2H7N.C2H6.CH4O.H2/c1-7-5-3-2-4-6-7;1-3-5-4-2;1-3-2;2*1-2;/h2-6H,1H3;3-5H2,1-2H3;3H,1-2H3;1-2H3;2H,1H3;1H. The molecule has 0 aliphatic rings. The van der Waals surface area contributed by atoms with Gasteiger partial charge in [-0.15, -0.1) is 0 Å². The van der Waals surface area contributed by atoms with Gasteiger partial charge in [-0.2, -0.15) is 0 Å².